The number of thioether (sulfide) groups is 1. The molecule has 0 amide bonds. The summed E-state index contributed by atoms with van der Waals surface area (Å²) in [5.41, 5.74) is 10.9. The number of aliphatic imine (C=N–C) groups is 1. The van der Waals surface area contributed by atoms with Crippen LogP contribution in [0.4, 0.5) is 0 Å². The molecule has 0 saturated carbocycles. The molecule has 0 fully saturated rings. The number of para-hydroxylation sites is 1. The molecule has 3 aliphatic heterocycles. The van der Waals surface area contributed by atoms with Crippen molar-refractivity contribution in [2.75, 3.05) is 0 Å². The fraction of sp³-hybridized carbons (Fsp3) is 0.109. The first-order valence-corrected chi connectivity index (χ1v) is 19.3. The first kappa shape index (κ1) is 29.4. The van der Waals surface area contributed by atoms with Gasteiger partial charge in [0.2, 0.25) is 0 Å². The first-order valence-electron chi connectivity index (χ1n) is 17.6. The average molecular weight is 693 g/mol. The Morgan fingerprint density at radius 3 is 2.39 bits per heavy atom. The molecule has 244 valence electrons. The predicted molar refractivity (Wildman–Crippen MR) is 213 cm³/mol. The van der Waals surface area contributed by atoms with Crippen LogP contribution in [0.3, 0.4) is 0 Å². The summed E-state index contributed by atoms with van der Waals surface area (Å²) in [5, 5.41) is 6.72. The number of allylic oxidation sites excluding steroid dienone is 6. The van der Waals surface area contributed by atoms with E-state index in [1.807, 2.05) is 23.1 Å². The van der Waals surface area contributed by atoms with Crippen molar-refractivity contribution < 1.29 is 4.74 Å². The van der Waals surface area contributed by atoms with E-state index in [-0.39, 0.29) is 18.2 Å². The van der Waals surface area contributed by atoms with E-state index in [1.54, 1.807) is 0 Å². The Hall–Kier alpha value is -5.36. The van der Waals surface area contributed by atoms with Crippen LogP contribution in [0.25, 0.3) is 25.9 Å². The number of rotatable bonds is 4. The van der Waals surface area contributed by atoms with E-state index in [2.05, 4.69) is 163 Å². The highest BCUT2D eigenvalue weighted by molar-refractivity contribution is 8.00. The Labute approximate surface area is 305 Å². The van der Waals surface area contributed by atoms with Crippen molar-refractivity contribution in [2.24, 2.45) is 4.99 Å². The second-order valence-electron chi connectivity index (χ2n) is 13.8. The number of benzene rings is 5. The summed E-state index contributed by atoms with van der Waals surface area (Å²) in [4.78, 5) is 6.72. The van der Waals surface area contributed by atoms with Gasteiger partial charge in [0.1, 0.15) is 18.0 Å². The van der Waals surface area contributed by atoms with Crippen molar-refractivity contribution >= 4 is 54.7 Å². The summed E-state index contributed by atoms with van der Waals surface area (Å²) in [7, 11) is 0. The summed E-state index contributed by atoms with van der Waals surface area (Å²) in [6.45, 7) is 0. The molecular formula is C46H32N2OS2. The molecule has 51 heavy (non-hydrogen) atoms. The van der Waals surface area contributed by atoms with Crippen molar-refractivity contribution in [3.8, 4) is 5.75 Å². The number of hydrogen-bond acceptors (Lipinski definition) is 5. The minimum atomic E-state index is -0.213. The monoisotopic (exact) mass is 692 g/mol. The number of nitrogens with one attached hydrogen (secondary N) is 1. The van der Waals surface area contributed by atoms with E-state index in [1.165, 1.54) is 52.9 Å². The van der Waals surface area contributed by atoms with Gasteiger partial charge in [-0.1, -0.05) is 127 Å². The van der Waals surface area contributed by atoms with Crippen molar-refractivity contribution in [3.63, 3.8) is 0 Å². The minimum Gasteiger partial charge on any atom is -0.484 e. The Balaban J connectivity index is 0.935. The van der Waals surface area contributed by atoms with Crippen LogP contribution in [-0.4, -0.2) is 17.1 Å². The van der Waals surface area contributed by atoms with Crippen LogP contribution in [-0.2, 0) is 0 Å². The molecule has 3 nitrogen and oxygen atoms in total. The minimum absolute atomic E-state index is 0.0137. The van der Waals surface area contributed by atoms with Crippen molar-refractivity contribution in [1.29, 1.82) is 0 Å². The van der Waals surface area contributed by atoms with Crippen LogP contribution in [0.1, 0.15) is 45.8 Å². The molecule has 5 heteroatoms. The second-order valence-corrected chi connectivity index (χ2v) is 16.0. The van der Waals surface area contributed by atoms with Gasteiger partial charge in [-0.2, -0.15) is 0 Å². The number of ether oxygens (including phenoxy) is 1. The summed E-state index contributed by atoms with van der Waals surface area (Å²) >= 11 is 3.84. The number of fused-ring (bicyclic) bond motifs is 9. The van der Waals surface area contributed by atoms with E-state index in [0.717, 1.165) is 28.3 Å². The van der Waals surface area contributed by atoms with Crippen LogP contribution in [0, 0.1) is 0 Å². The molecular weight excluding hydrogens is 661 g/mol. The maximum Gasteiger partial charge on any atom is 0.145 e. The molecule has 5 atom stereocenters. The summed E-state index contributed by atoms with van der Waals surface area (Å²) < 4.78 is 9.22. The summed E-state index contributed by atoms with van der Waals surface area (Å²) in [5.74, 6) is 1.58. The number of thiophene rings is 1. The third-order valence-corrected chi connectivity index (χ3v) is 13.4. The van der Waals surface area contributed by atoms with E-state index < -0.39 is 0 Å². The molecule has 5 unspecified atom stereocenters. The highest BCUT2D eigenvalue weighted by Crippen LogP contribution is 2.55. The van der Waals surface area contributed by atoms with Crippen molar-refractivity contribution in [2.45, 2.75) is 34.3 Å². The van der Waals surface area contributed by atoms with Gasteiger partial charge in [0.15, 0.2) is 0 Å². The van der Waals surface area contributed by atoms with Crippen LogP contribution in [0.5, 0.6) is 5.75 Å². The van der Waals surface area contributed by atoms with E-state index in [0.29, 0.717) is 11.2 Å². The van der Waals surface area contributed by atoms with Gasteiger partial charge in [-0.3, -0.25) is 4.99 Å². The molecule has 6 aromatic rings. The molecule has 0 bridgehead atoms. The predicted octanol–water partition coefficient (Wildman–Crippen LogP) is 11.3. The summed E-state index contributed by atoms with van der Waals surface area (Å²) in [6.07, 6.45) is 15.8. The van der Waals surface area contributed by atoms with Gasteiger partial charge < -0.3 is 10.1 Å². The van der Waals surface area contributed by atoms with Crippen molar-refractivity contribution in [1.82, 2.24) is 5.32 Å². The molecule has 2 aliphatic carbocycles. The molecule has 11 rings (SSSR count). The van der Waals surface area contributed by atoms with Gasteiger partial charge in [-0.05, 0) is 58.2 Å². The lowest BCUT2D eigenvalue weighted by Gasteiger charge is -2.30. The fourth-order valence-corrected chi connectivity index (χ4v) is 11.1. The fourth-order valence-electron chi connectivity index (χ4n) is 8.42. The topological polar surface area (TPSA) is 33.6 Å². The smallest absolute Gasteiger partial charge is 0.145 e. The van der Waals surface area contributed by atoms with Gasteiger partial charge in [-0.15, -0.1) is 23.1 Å². The Bertz CT molecular complexity index is 2600. The van der Waals surface area contributed by atoms with Gasteiger partial charge in [0.25, 0.3) is 0 Å². The second kappa shape index (κ2) is 11.6. The molecule has 1 aromatic heterocycles. The zero-order valence-electron chi connectivity index (χ0n) is 27.6. The third-order valence-electron chi connectivity index (χ3n) is 10.9. The largest absolute Gasteiger partial charge is 0.484 e. The van der Waals surface area contributed by atoms with Gasteiger partial charge in [0, 0.05) is 59.0 Å². The molecule has 0 spiro atoms. The lowest BCUT2D eigenvalue weighted by atomic mass is 9.79. The zero-order valence-corrected chi connectivity index (χ0v) is 29.2. The maximum absolute atomic E-state index is 6.61. The first-order chi connectivity index (χ1) is 25.2. The lowest BCUT2D eigenvalue weighted by Crippen LogP contribution is -2.28. The van der Waals surface area contributed by atoms with Crippen LogP contribution in [0.15, 0.2) is 179 Å². The summed E-state index contributed by atoms with van der Waals surface area (Å²) in [6, 6.07) is 41.6. The quantitative estimate of drug-likeness (QED) is 0.200. The van der Waals surface area contributed by atoms with Gasteiger partial charge in [0.05, 0.1) is 5.71 Å². The van der Waals surface area contributed by atoms with Gasteiger partial charge >= 0.3 is 0 Å². The van der Waals surface area contributed by atoms with Crippen LogP contribution in [0.2, 0.25) is 0 Å². The highest BCUT2D eigenvalue weighted by atomic mass is 32.2. The van der Waals surface area contributed by atoms with E-state index in [4.69, 9.17) is 9.73 Å². The SMILES string of the molecule is C1=CC2c3ccccc3OC2C(C2=CC=CC3c4ccc(C5N=C(c6ccc7c(c6)sc6ccccc67)C=C(c6ccccc6)N5)cc4SC23)=C1. The molecule has 1 N–H and O–H groups in total. The number of hydrogen-bond donors (Lipinski definition) is 1. The number of nitrogens with zero attached hydrogens (tertiary/aromatic N) is 1. The Morgan fingerprint density at radius 2 is 1.45 bits per heavy atom. The van der Waals surface area contributed by atoms with E-state index in [9.17, 15) is 0 Å². The van der Waals surface area contributed by atoms with Crippen LogP contribution >= 0.6 is 23.1 Å². The molecule has 4 heterocycles. The average Bonchev–Trinajstić information content (AvgIpc) is 3.88. The lowest BCUT2D eigenvalue weighted by molar-refractivity contribution is 0.257. The van der Waals surface area contributed by atoms with E-state index >= 15 is 0 Å². The van der Waals surface area contributed by atoms with Gasteiger partial charge in [-0.25, -0.2) is 0 Å². The Morgan fingerprint density at radius 1 is 0.647 bits per heavy atom. The standard InChI is InChI=1S/C46H32N2OS2/c1-2-10-27(11-3-1)38-26-39(28-20-22-32-31-13-5-7-19-41(31)50-42(32)24-28)48-46(47-38)29-21-23-33-36-16-9-17-37(45(36)51-43(33)25-29)35-15-8-14-34-30-12-4-6-18-40(30)49-44(34)35/h1-26,34,36,44-47H. The Kier molecular flexibility index (Phi) is 6.68. The molecule has 0 radical (unpaired) electrons. The molecule has 5 aliphatic rings. The normalized spacial score (nSPS) is 24.0. The molecule has 5 aromatic carbocycles. The highest BCUT2D eigenvalue weighted by Gasteiger charge is 2.43. The maximum atomic E-state index is 6.61. The van der Waals surface area contributed by atoms with Crippen molar-refractivity contribution in [3.05, 3.63) is 197 Å². The van der Waals surface area contributed by atoms with Crippen LogP contribution < -0.4 is 10.1 Å². The third kappa shape index (κ3) is 4.76. The molecule has 0 saturated heterocycles. The zero-order chi connectivity index (χ0) is 33.5.